The van der Waals surface area contributed by atoms with Gasteiger partial charge in [0, 0.05) is 18.8 Å². The van der Waals surface area contributed by atoms with Crippen molar-refractivity contribution in [1.29, 1.82) is 0 Å². The zero-order chi connectivity index (χ0) is 11.4. The second-order valence-corrected chi connectivity index (χ2v) is 5.70. The number of piperidine rings is 1. The third kappa shape index (κ3) is 2.81. The molecule has 1 fully saturated rings. The molecule has 1 unspecified atom stereocenters. The molecule has 0 spiro atoms. The number of nitrogens with zero attached hydrogens (tertiary/aromatic N) is 1. The van der Waals surface area contributed by atoms with Gasteiger partial charge in [0.05, 0.1) is 6.20 Å². The van der Waals surface area contributed by atoms with Crippen molar-refractivity contribution in [3.63, 3.8) is 0 Å². The van der Waals surface area contributed by atoms with Gasteiger partial charge in [0.25, 0.3) is 0 Å². The van der Waals surface area contributed by atoms with E-state index in [4.69, 9.17) is 0 Å². The van der Waals surface area contributed by atoms with Crippen molar-refractivity contribution >= 4 is 10.0 Å². The lowest BCUT2D eigenvalue weighted by Crippen LogP contribution is -2.43. The lowest BCUT2D eigenvalue weighted by atomic mass is 10.1. The second kappa shape index (κ2) is 4.94. The standard InChI is InChI=1S/C9H16N4O2S/c14-16(15,9-6-11-12-7-9)13-5-8-3-1-2-4-10-8/h6-8,10,13H,1-5H2,(H,11,12). The molecule has 1 aromatic heterocycles. The van der Waals surface area contributed by atoms with Crippen molar-refractivity contribution in [2.75, 3.05) is 13.1 Å². The molecule has 0 saturated carbocycles. The predicted molar refractivity (Wildman–Crippen MR) is 59.4 cm³/mol. The molecule has 2 heterocycles. The normalized spacial score (nSPS) is 22.1. The van der Waals surface area contributed by atoms with Crippen molar-refractivity contribution in [2.24, 2.45) is 0 Å². The summed E-state index contributed by atoms with van der Waals surface area (Å²) in [6.45, 7) is 1.41. The van der Waals surface area contributed by atoms with Crippen LogP contribution in [0.4, 0.5) is 0 Å². The van der Waals surface area contributed by atoms with Gasteiger partial charge < -0.3 is 5.32 Å². The number of nitrogens with one attached hydrogen (secondary N) is 3. The van der Waals surface area contributed by atoms with Gasteiger partial charge in [-0.05, 0) is 19.4 Å². The first-order valence-corrected chi connectivity index (χ1v) is 6.88. The second-order valence-electron chi connectivity index (χ2n) is 3.93. The number of rotatable bonds is 4. The molecule has 16 heavy (non-hydrogen) atoms. The van der Waals surface area contributed by atoms with Crippen LogP contribution in [-0.2, 0) is 10.0 Å². The molecule has 1 aliphatic rings. The van der Waals surface area contributed by atoms with Crippen LogP contribution >= 0.6 is 0 Å². The highest BCUT2D eigenvalue weighted by atomic mass is 32.2. The molecule has 2 rings (SSSR count). The van der Waals surface area contributed by atoms with Crippen LogP contribution in [0.25, 0.3) is 0 Å². The molecule has 1 saturated heterocycles. The van der Waals surface area contributed by atoms with E-state index in [0.29, 0.717) is 6.54 Å². The Kier molecular flexibility index (Phi) is 3.57. The van der Waals surface area contributed by atoms with Gasteiger partial charge in [0.1, 0.15) is 4.90 Å². The minimum atomic E-state index is -3.40. The molecule has 6 nitrogen and oxygen atoms in total. The number of hydrogen-bond acceptors (Lipinski definition) is 4. The predicted octanol–water partition coefficient (Wildman–Crippen LogP) is -0.170. The van der Waals surface area contributed by atoms with Gasteiger partial charge in [-0.3, -0.25) is 5.10 Å². The number of H-pyrrole nitrogens is 1. The van der Waals surface area contributed by atoms with Gasteiger partial charge in [0.2, 0.25) is 10.0 Å². The van der Waals surface area contributed by atoms with E-state index in [0.717, 1.165) is 19.4 Å². The maximum Gasteiger partial charge on any atom is 0.243 e. The first-order chi connectivity index (χ1) is 7.68. The van der Waals surface area contributed by atoms with Gasteiger partial charge in [-0.2, -0.15) is 5.10 Å². The Morgan fingerprint density at radius 1 is 1.50 bits per heavy atom. The zero-order valence-electron chi connectivity index (χ0n) is 8.94. The molecule has 0 radical (unpaired) electrons. The molecule has 90 valence electrons. The minimum absolute atomic E-state index is 0.184. The van der Waals surface area contributed by atoms with Crippen LogP contribution < -0.4 is 10.0 Å². The summed E-state index contributed by atoms with van der Waals surface area (Å²) in [6, 6.07) is 0.246. The summed E-state index contributed by atoms with van der Waals surface area (Å²) in [5.41, 5.74) is 0. The van der Waals surface area contributed by atoms with E-state index >= 15 is 0 Å². The smallest absolute Gasteiger partial charge is 0.243 e. The van der Waals surface area contributed by atoms with Crippen molar-refractivity contribution in [3.8, 4) is 0 Å². The van der Waals surface area contributed by atoms with Crippen LogP contribution in [0.2, 0.25) is 0 Å². The maximum atomic E-state index is 11.7. The fraction of sp³-hybridized carbons (Fsp3) is 0.667. The summed E-state index contributed by atoms with van der Waals surface area (Å²) >= 11 is 0. The Balaban J connectivity index is 1.89. The van der Waals surface area contributed by atoms with Crippen molar-refractivity contribution in [2.45, 2.75) is 30.2 Å². The molecule has 7 heteroatoms. The number of hydrogen-bond donors (Lipinski definition) is 3. The highest BCUT2D eigenvalue weighted by Gasteiger charge is 2.18. The van der Waals surface area contributed by atoms with Crippen LogP contribution in [0.15, 0.2) is 17.3 Å². The highest BCUT2D eigenvalue weighted by molar-refractivity contribution is 7.89. The van der Waals surface area contributed by atoms with Gasteiger partial charge in [-0.25, -0.2) is 13.1 Å². The summed E-state index contributed by atoms with van der Waals surface area (Å²) in [4.78, 5) is 0.184. The molecule has 0 amide bonds. The van der Waals surface area contributed by atoms with Crippen molar-refractivity contribution < 1.29 is 8.42 Å². The maximum absolute atomic E-state index is 11.7. The monoisotopic (exact) mass is 244 g/mol. The lowest BCUT2D eigenvalue weighted by Gasteiger charge is -2.23. The van der Waals surface area contributed by atoms with Crippen LogP contribution in [0, 0.1) is 0 Å². The molecular formula is C9H16N4O2S. The van der Waals surface area contributed by atoms with Crippen molar-refractivity contribution in [3.05, 3.63) is 12.4 Å². The Morgan fingerprint density at radius 2 is 2.38 bits per heavy atom. The van der Waals surface area contributed by atoms with Gasteiger partial charge in [0.15, 0.2) is 0 Å². The highest BCUT2D eigenvalue weighted by Crippen LogP contribution is 2.08. The molecule has 0 bridgehead atoms. The molecule has 0 aromatic carbocycles. The molecule has 1 atom stereocenters. The average Bonchev–Trinajstić information content (AvgIpc) is 2.82. The average molecular weight is 244 g/mol. The largest absolute Gasteiger partial charge is 0.313 e. The van der Waals surface area contributed by atoms with E-state index in [1.807, 2.05) is 0 Å². The van der Waals surface area contributed by atoms with Crippen LogP contribution in [0.3, 0.4) is 0 Å². The Bertz CT molecular complexity index is 409. The first kappa shape index (κ1) is 11.6. The third-order valence-corrected chi connectivity index (χ3v) is 4.11. The first-order valence-electron chi connectivity index (χ1n) is 5.40. The van der Waals surface area contributed by atoms with Crippen LogP contribution in [-0.4, -0.2) is 37.7 Å². The molecular weight excluding hydrogens is 228 g/mol. The zero-order valence-corrected chi connectivity index (χ0v) is 9.76. The van der Waals surface area contributed by atoms with E-state index in [1.165, 1.54) is 18.8 Å². The summed E-state index contributed by atoms with van der Waals surface area (Å²) < 4.78 is 26.1. The summed E-state index contributed by atoms with van der Waals surface area (Å²) in [5.74, 6) is 0. The lowest BCUT2D eigenvalue weighted by molar-refractivity contribution is 0.398. The number of sulfonamides is 1. The third-order valence-electron chi connectivity index (χ3n) is 2.72. The Morgan fingerprint density at radius 3 is 3.00 bits per heavy atom. The fourth-order valence-corrected chi connectivity index (χ4v) is 2.76. The summed E-state index contributed by atoms with van der Waals surface area (Å²) in [7, 11) is -3.40. The minimum Gasteiger partial charge on any atom is -0.313 e. The molecule has 3 N–H and O–H groups in total. The Labute approximate surface area is 94.9 Å². The summed E-state index contributed by atoms with van der Waals surface area (Å²) in [6.07, 6.45) is 6.03. The van der Waals surface area contributed by atoms with Gasteiger partial charge >= 0.3 is 0 Å². The topological polar surface area (TPSA) is 86.9 Å². The number of aromatic amines is 1. The molecule has 0 aliphatic carbocycles. The SMILES string of the molecule is O=S(=O)(NCC1CCCCN1)c1cn[nH]c1. The van der Waals surface area contributed by atoms with Gasteiger partial charge in [-0.15, -0.1) is 0 Å². The fourth-order valence-electron chi connectivity index (χ4n) is 1.78. The van der Waals surface area contributed by atoms with Crippen LogP contribution in [0.1, 0.15) is 19.3 Å². The van der Waals surface area contributed by atoms with E-state index in [9.17, 15) is 8.42 Å². The quantitative estimate of drug-likeness (QED) is 0.686. The van der Waals surface area contributed by atoms with E-state index in [-0.39, 0.29) is 10.9 Å². The number of aromatic nitrogens is 2. The van der Waals surface area contributed by atoms with Crippen LogP contribution in [0.5, 0.6) is 0 Å². The summed E-state index contributed by atoms with van der Waals surface area (Å²) in [5, 5.41) is 9.40. The van der Waals surface area contributed by atoms with Crippen molar-refractivity contribution in [1.82, 2.24) is 20.2 Å². The van der Waals surface area contributed by atoms with E-state index < -0.39 is 10.0 Å². The molecule has 1 aliphatic heterocycles. The Hall–Kier alpha value is -0.920. The van der Waals surface area contributed by atoms with E-state index in [2.05, 4.69) is 20.2 Å². The van der Waals surface area contributed by atoms with E-state index in [1.54, 1.807) is 0 Å². The van der Waals surface area contributed by atoms with Gasteiger partial charge in [-0.1, -0.05) is 6.42 Å². The molecule has 1 aromatic rings.